The summed E-state index contributed by atoms with van der Waals surface area (Å²) in [5.41, 5.74) is -0.503. The molecule has 3 heterocycles. The molecule has 2 saturated heterocycles. The number of ether oxygens (including phenoxy) is 1. The lowest BCUT2D eigenvalue weighted by atomic mass is 10.2. The number of likely N-dealkylation sites (tertiary alicyclic amines) is 2. The SMILES string of the molecule is CCN1CCCC1CNC(=NCc1nnc(C)n1C)N1CCC(NC(=O)OC(C)(C)C)C1.I. The fourth-order valence-corrected chi connectivity index (χ4v) is 4.30. The van der Waals surface area contributed by atoms with Gasteiger partial charge in [-0.2, -0.15) is 0 Å². The predicted octanol–water partition coefficient (Wildman–Crippen LogP) is 2.27. The molecule has 0 saturated carbocycles. The molecule has 3 rings (SSSR count). The van der Waals surface area contributed by atoms with Gasteiger partial charge in [-0.1, -0.05) is 6.92 Å². The molecule has 1 amide bonds. The summed E-state index contributed by atoms with van der Waals surface area (Å²) in [6.07, 6.45) is 2.94. The standard InChI is InChI=1S/C22H40N8O2.HI/c1-7-29-11-8-9-18(29)13-23-20(24-14-19-27-26-16(2)28(19)6)30-12-10-17(15-30)25-21(31)32-22(3,4)5;/h17-18H,7-15H2,1-6H3,(H,23,24)(H,25,31);1H. The number of likely N-dealkylation sites (N-methyl/N-ethyl adjacent to an activating group) is 1. The van der Waals surface area contributed by atoms with Crippen LogP contribution in [0.4, 0.5) is 4.79 Å². The van der Waals surface area contributed by atoms with Crippen LogP contribution in [0.15, 0.2) is 4.99 Å². The molecule has 0 bridgehead atoms. The van der Waals surface area contributed by atoms with Gasteiger partial charge in [0.2, 0.25) is 0 Å². The first kappa shape index (κ1) is 27.6. The molecule has 2 unspecified atom stereocenters. The van der Waals surface area contributed by atoms with Crippen LogP contribution in [-0.2, 0) is 18.3 Å². The minimum atomic E-state index is -0.503. The quantitative estimate of drug-likeness (QED) is 0.305. The summed E-state index contributed by atoms with van der Waals surface area (Å²) in [7, 11) is 1.96. The molecule has 33 heavy (non-hydrogen) atoms. The molecule has 1 aromatic rings. The van der Waals surface area contributed by atoms with Gasteiger partial charge in [0, 0.05) is 32.7 Å². The number of carbonyl (C=O) groups is 1. The van der Waals surface area contributed by atoms with Crippen molar-refractivity contribution in [1.82, 2.24) is 35.2 Å². The third kappa shape index (κ3) is 7.97. The summed E-state index contributed by atoms with van der Waals surface area (Å²) < 4.78 is 7.38. The van der Waals surface area contributed by atoms with E-state index in [1.165, 1.54) is 19.4 Å². The molecule has 2 aliphatic heterocycles. The molecular formula is C22H41IN8O2. The third-order valence-electron chi connectivity index (χ3n) is 6.16. The number of rotatable bonds is 6. The number of hydrogen-bond acceptors (Lipinski definition) is 6. The van der Waals surface area contributed by atoms with Gasteiger partial charge in [-0.15, -0.1) is 34.2 Å². The van der Waals surface area contributed by atoms with Crippen molar-refractivity contribution in [3.8, 4) is 0 Å². The van der Waals surface area contributed by atoms with Gasteiger partial charge in [-0.3, -0.25) is 4.90 Å². The first-order valence-corrected chi connectivity index (χ1v) is 11.8. The Kier molecular flexibility index (Phi) is 10.2. The largest absolute Gasteiger partial charge is 0.444 e. The zero-order valence-electron chi connectivity index (χ0n) is 20.9. The Labute approximate surface area is 214 Å². The summed E-state index contributed by atoms with van der Waals surface area (Å²) in [5, 5.41) is 15.0. The number of alkyl carbamates (subject to hydrolysis) is 1. The Balaban J connectivity index is 0.00000385. The van der Waals surface area contributed by atoms with E-state index in [1.54, 1.807) is 0 Å². The molecule has 188 valence electrons. The highest BCUT2D eigenvalue weighted by Gasteiger charge is 2.29. The van der Waals surface area contributed by atoms with Gasteiger partial charge in [-0.25, -0.2) is 9.79 Å². The van der Waals surface area contributed by atoms with E-state index >= 15 is 0 Å². The number of aromatic nitrogens is 3. The second-order valence-corrected chi connectivity index (χ2v) is 9.75. The first-order valence-electron chi connectivity index (χ1n) is 11.8. The van der Waals surface area contributed by atoms with Crippen molar-refractivity contribution >= 4 is 36.0 Å². The van der Waals surface area contributed by atoms with Crippen LogP contribution in [-0.4, -0.2) is 87.0 Å². The minimum Gasteiger partial charge on any atom is -0.444 e. The summed E-state index contributed by atoms with van der Waals surface area (Å²) in [5.74, 6) is 2.57. The highest BCUT2D eigenvalue weighted by Crippen LogP contribution is 2.17. The van der Waals surface area contributed by atoms with Crippen LogP contribution in [0.5, 0.6) is 0 Å². The number of aryl methyl sites for hydroxylation is 1. The van der Waals surface area contributed by atoms with Crippen LogP contribution >= 0.6 is 24.0 Å². The number of halogens is 1. The van der Waals surface area contributed by atoms with Crippen molar-refractivity contribution in [1.29, 1.82) is 0 Å². The number of aliphatic imine (C=N–C) groups is 1. The van der Waals surface area contributed by atoms with Crippen LogP contribution in [0.1, 0.15) is 58.6 Å². The maximum Gasteiger partial charge on any atom is 0.407 e. The maximum absolute atomic E-state index is 12.2. The van der Waals surface area contributed by atoms with Gasteiger partial charge < -0.3 is 24.8 Å². The fourth-order valence-electron chi connectivity index (χ4n) is 4.30. The molecule has 2 atom stereocenters. The van der Waals surface area contributed by atoms with Crippen LogP contribution < -0.4 is 10.6 Å². The average Bonchev–Trinajstić information content (AvgIpc) is 3.43. The summed E-state index contributed by atoms with van der Waals surface area (Å²) >= 11 is 0. The predicted molar refractivity (Wildman–Crippen MR) is 140 cm³/mol. The Morgan fingerprint density at radius 1 is 1.24 bits per heavy atom. The second-order valence-electron chi connectivity index (χ2n) is 9.75. The molecule has 11 heteroatoms. The van der Waals surface area contributed by atoms with Crippen molar-refractivity contribution in [3.05, 3.63) is 11.6 Å². The zero-order chi connectivity index (χ0) is 23.3. The smallest absolute Gasteiger partial charge is 0.407 e. The van der Waals surface area contributed by atoms with E-state index in [4.69, 9.17) is 9.73 Å². The van der Waals surface area contributed by atoms with Crippen molar-refractivity contribution in [2.24, 2.45) is 12.0 Å². The zero-order valence-corrected chi connectivity index (χ0v) is 23.3. The van der Waals surface area contributed by atoms with Gasteiger partial charge in [0.15, 0.2) is 11.8 Å². The van der Waals surface area contributed by atoms with Crippen LogP contribution in [0.3, 0.4) is 0 Å². The van der Waals surface area contributed by atoms with Crippen molar-refractivity contribution in [2.45, 2.75) is 78.1 Å². The van der Waals surface area contributed by atoms with E-state index < -0.39 is 5.60 Å². The van der Waals surface area contributed by atoms with Gasteiger partial charge in [0.25, 0.3) is 0 Å². The lowest BCUT2D eigenvalue weighted by Crippen LogP contribution is -2.47. The Hall–Kier alpha value is -1.63. The molecule has 1 aromatic heterocycles. The van der Waals surface area contributed by atoms with Crippen LogP contribution in [0.2, 0.25) is 0 Å². The van der Waals surface area contributed by atoms with Crippen molar-refractivity contribution in [2.75, 3.05) is 32.7 Å². The topological polar surface area (TPSA) is 99.9 Å². The van der Waals surface area contributed by atoms with E-state index in [-0.39, 0.29) is 36.1 Å². The fraction of sp³-hybridized carbons (Fsp3) is 0.818. The molecule has 0 aliphatic carbocycles. The number of nitrogens with one attached hydrogen (secondary N) is 2. The van der Waals surface area contributed by atoms with E-state index in [2.05, 4.69) is 37.6 Å². The number of amides is 1. The molecule has 0 spiro atoms. The van der Waals surface area contributed by atoms with E-state index in [9.17, 15) is 4.79 Å². The van der Waals surface area contributed by atoms with Gasteiger partial charge in [0.05, 0.1) is 6.04 Å². The number of hydrogen-bond donors (Lipinski definition) is 2. The Bertz CT molecular complexity index is 807. The van der Waals surface area contributed by atoms with Crippen molar-refractivity contribution in [3.63, 3.8) is 0 Å². The van der Waals surface area contributed by atoms with Crippen molar-refractivity contribution < 1.29 is 9.53 Å². The molecule has 0 radical (unpaired) electrons. The Morgan fingerprint density at radius 3 is 2.64 bits per heavy atom. The summed E-state index contributed by atoms with van der Waals surface area (Å²) in [4.78, 5) is 21.8. The normalized spacial score (nSPS) is 21.8. The van der Waals surface area contributed by atoms with E-state index in [0.717, 1.165) is 43.7 Å². The number of nitrogens with zero attached hydrogens (tertiary/aromatic N) is 6. The average molecular weight is 577 g/mol. The highest BCUT2D eigenvalue weighted by atomic mass is 127. The molecule has 2 fully saturated rings. The van der Waals surface area contributed by atoms with E-state index in [1.807, 2.05) is 39.3 Å². The molecule has 2 N–H and O–H groups in total. The first-order chi connectivity index (χ1) is 15.2. The highest BCUT2D eigenvalue weighted by molar-refractivity contribution is 14.0. The summed E-state index contributed by atoms with van der Waals surface area (Å²) in [6, 6.07) is 0.563. The second kappa shape index (κ2) is 12.2. The minimum absolute atomic E-state index is 0. The lowest BCUT2D eigenvalue weighted by Gasteiger charge is -2.27. The maximum atomic E-state index is 12.2. The van der Waals surface area contributed by atoms with Crippen LogP contribution in [0.25, 0.3) is 0 Å². The third-order valence-corrected chi connectivity index (χ3v) is 6.16. The summed E-state index contributed by atoms with van der Waals surface area (Å²) in [6.45, 7) is 14.9. The van der Waals surface area contributed by atoms with Gasteiger partial charge in [0.1, 0.15) is 18.0 Å². The van der Waals surface area contributed by atoms with Crippen LogP contribution in [0, 0.1) is 6.92 Å². The number of carbonyl (C=O) groups excluding carboxylic acids is 1. The molecule has 0 aromatic carbocycles. The lowest BCUT2D eigenvalue weighted by molar-refractivity contribution is 0.0507. The van der Waals surface area contributed by atoms with E-state index in [0.29, 0.717) is 19.1 Å². The Morgan fingerprint density at radius 2 is 2.00 bits per heavy atom. The number of guanidine groups is 1. The van der Waals surface area contributed by atoms with Gasteiger partial charge in [-0.05, 0) is 60.0 Å². The van der Waals surface area contributed by atoms with Gasteiger partial charge >= 0.3 is 6.09 Å². The molecule has 10 nitrogen and oxygen atoms in total. The molecule has 2 aliphatic rings. The monoisotopic (exact) mass is 576 g/mol. The molecular weight excluding hydrogens is 535 g/mol.